The summed E-state index contributed by atoms with van der Waals surface area (Å²) in [5.41, 5.74) is 0.209. The zero-order valence-electron chi connectivity index (χ0n) is 16.3. The Morgan fingerprint density at radius 1 is 1.14 bits per heavy atom. The third kappa shape index (κ3) is 3.30. The summed E-state index contributed by atoms with van der Waals surface area (Å²) in [4.78, 5) is 43.0. The van der Waals surface area contributed by atoms with E-state index in [1.54, 1.807) is 0 Å². The van der Waals surface area contributed by atoms with E-state index >= 15 is 0 Å². The maximum atomic E-state index is 12.7. The SMILES string of the molecule is CC(C)N(Cc1ccccc1)c1nc2c(c(=O)n(C)c(=O)n2C)n1CC(=O)O. The average molecular weight is 385 g/mol. The molecule has 28 heavy (non-hydrogen) atoms. The van der Waals surface area contributed by atoms with Crippen molar-refractivity contribution < 1.29 is 9.90 Å². The first kappa shape index (κ1) is 19.4. The Balaban J connectivity index is 2.30. The van der Waals surface area contributed by atoms with Gasteiger partial charge in [0.1, 0.15) is 6.54 Å². The minimum atomic E-state index is -1.10. The third-order valence-electron chi connectivity index (χ3n) is 4.70. The van der Waals surface area contributed by atoms with Crippen molar-refractivity contribution in [2.45, 2.75) is 33.0 Å². The van der Waals surface area contributed by atoms with Crippen LogP contribution in [0.15, 0.2) is 39.9 Å². The lowest BCUT2D eigenvalue weighted by molar-refractivity contribution is -0.137. The highest BCUT2D eigenvalue weighted by Gasteiger charge is 2.25. The lowest BCUT2D eigenvalue weighted by Gasteiger charge is -2.28. The van der Waals surface area contributed by atoms with Crippen LogP contribution in [0.5, 0.6) is 0 Å². The van der Waals surface area contributed by atoms with Gasteiger partial charge in [-0.15, -0.1) is 0 Å². The third-order valence-corrected chi connectivity index (χ3v) is 4.70. The van der Waals surface area contributed by atoms with E-state index in [0.29, 0.717) is 12.5 Å². The van der Waals surface area contributed by atoms with Crippen molar-refractivity contribution in [2.75, 3.05) is 4.90 Å². The van der Waals surface area contributed by atoms with Crippen LogP contribution in [-0.2, 0) is 32.0 Å². The number of nitrogens with zero attached hydrogens (tertiary/aromatic N) is 5. The molecule has 9 heteroatoms. The number of rotatable bonds is 6. The first-order valence-electron chi connectivity index (χ1n) is 8.91. The van der Waals surface area contributed by atoms with Gasteiger partial charge >= 0.3 is 11.7 Å². The minimum Gasteiger partial charge on any atom is -0.480 e. The largest absolute Gasteiger partial charge is 0.480 e. The summed E-state index contributed by atoms with van der Waals surface area (Å²) in [5, 5.41) is 9.42. The van der Waals surface area contributed by atoms with Crippen molar-refractivity contribution in [3.05, 3.63) is 56.7 Å². The molecule has 3 aromatic rings. The number of hydrogen-bond acceptors (Lipinski definition) is 5. The lowest BCUT2D eigenvalue weighted by atomic mass is 10.2. The zero-order chi connectivity index (χ0) is 20.6. The van der Waals surface area contributed by atoms with Crippen molar-refractivity contribution in [3.63, 3.8) is 0 Å². The number of anilines is 1. The van der Waals surface area contributed by atoms with Crippen LogP contribution in [0, 0.1) is 0 Å². The molecule has 0 fully saturated rings. The molecule has 0 radical (unpaired) electrons. The number of fused-ring (bicyclic) bond motifs is 1. The van der Waals surface area contributed by atoms with E-state index in [1.807, 2.05) is 49.1 Å². The number of carbonyl (C=O) groups is 1. The number of benzene rings is 1. The fraction of sp³-hybridized carbons (Fsp3) is 0.368. The predicted molar refractivity (Wildman–Crippen MR) is 106 cm³/mol. The topological polar surface area (TPSA) is 102 Å². The van der Waals surface area contributed by atoms with Crippen LogP contribution in [0.3, 0.4) is 0 Å². The van der Waals surface area contributed by atoms with Gasteiger partial charge in [-0.25, -0.2) is 4.79 Å². The maximum Gasteiger partial charge on any atom is 0.332 e. The molecule has 0 saturated carbocycles. The summed E-state index contributed by atoms with van der Waals surface area (Å²) in [6, 6.07) is 9.68. The van der Waals surface area contributed by atoms with Gasteiger partial charge in [0.25, 0.3) is 5.56 Å². The molecule has 0 aliphatic heterocycles. The van der Waals surface area contributed by atoms with Gasteiger partial charge in [0.05, 0.1) is 0 Å². The molecule has 0 atom stereocenters. The summed E-state index contributed by atoms with van der Waals surface area (Å²) < 4.78 is 3.60. The van der Waals surface area contributed by atoms with Crippen LogP contribution in [0.1, 0.15) is 19.4 Å². The van der Waals surface area contributed by atoms with Crippen LogP contribution >= 0.6 is 0 Å². The molecular formula is C19H23N5O4. The molecule has 0 aliphatic carbocycles. The fourth-order valence-electron chi connectivity index (χ4n) is 3.20. The fourth-order valence-corrected chi connectivity index (χ4v) is 3.20. The molecule has 2 heterocycles. The predicted octanol–water partition coefficient (Wildman–Crippen LogP) is 0.933. The summed E-state index contributed by atoms with van der Waals surface area (Å²) >= 11 is 0. The van der Waals surface area contributed by atoms with Crippen molar-refractivity contribution in [1.82, 2.24) is 18.7 Å². The van der Waals surface area contributed by atoms with Gasteiger partial charge in [0.2, 0.25) is 5.95 Å². The highest BCUT2D eigenvalue weighted by Crippen LogP contribution is 2.23. The number of hydrogen-bond donors (Lipinski definition) is 1. The average Bonchev–Trinajstić information content (AvgIpc) is 3.01. The molecule has 1 aromatic carbocycles. The Morgan fingerprint density at radius 3 is 2.36 bits per heavy atom. The molecule has 148 valence electrons. The van der Waals surface area contributed by atoms with E-state index in [0.717, 1.165) is 10.1 Å². The smallest absolute Gasteiger partial charge is 0.332 e. The van der Waals surface area contributed by atoms with Crippen LogP contribution in [-0.4, -0.2) is 35.8 Å². The van der Waals surface area contributed by atoms with Crippen LogP contribution in [0.4, 0.5) is 5.95 Å². The zero-order valence-corrected chi connectivity index (χ0v) is 16.3. The molecule has 0 spiro atoms. The summed E-state index contributed by atoms with van der Waals surface area (Å²) in [7, 11) is 2.88. The van der Waals surface area contributed by atoms with Gasteiger partial charge in [-0.2, -0.15) is 4.98 Å². The Kier molecular flexibility index (Phi) is 5.08. The first-order chi connectivity index (χ1) is 13.2. The second-order valence-corrected chi connectivity index (χ2v) is 6.98. The van der Waals surface area contributed by atoms with Crippen LogP contribution < -0.4 is 16.1 Å². The van der Waals surface area contributed by atoms with Gasteiger partial charge in [0.15, 0.2) is 11.2 Å². The first-order valence-corrected chi connectivity index (χ1v) is 8.91. The normalized spacial score (nSPS) is 11.3. The molecular weight excluding hydrogens is 362 g/mol. The molecule has 1 N–H and O–H groups in total. The van der Waals surface area contributed by atoms with Gasteiger partial charge in [-0.05, 0) is 19.4 Å². The highest BCUT2D eigenvalue weighted by atomic mass is 16.4. The van der Waals surface area contributed by atoms with E-state index in [-0.39, 0.29) is 17.2 Å². The van der Waals surface area contributed by atoms with E-state index in [9.17, 15) is 19.5 Å². The molecule has 3 rings (SSSR count). The van der Waals surface area contributed by atoms with Crippen molar-refractivity contribution in [2.24, 2.45) is 14.1 Å². The summed E-state index contributed by atoms with van der Waals surface area (Å²) in [5.74, 6) is -0.755. The van der Waals surface area contributed by atoms with Gasteiger partial charge in [0, 0.05) is 26.7 Å². The second-order valence-electron chi connectivity index (χ2n) is 6.98. The van der Waals surface area contributed by atoms with Gasteiger partial charge in [-0.1, -0.05) is 30.3 Å². The molecule has 0 amide bonds. The Labute approximate surface area is 161 Å². The quantitative estimate of drug-likeness (QED) is 0.677. The molecule has 0 saturated heterocycles. The number of aromatic nitrogens is 4. The monoisotopic (exact) mass is 385 g/mol. The summed E-state index contributed by atoms with van der Waals surface area (Å²) in [6.07, 6.45) is 0. The van der Waals surface area contributed by atoms with Crippen LogP contribution in [0.25, 0.3) is 11.2 Å². The molecule has 9 nitrogen and oxygen atoms in total. The molecule has 0 aliphatic rings. The minimum absolute atomic E-state index is 0.0227. The van der Waals surface area contributed by atoms with Gasteiger partial charge < -0.3 is 10.0 Å². The number of aliphatic carboxylic acids is 1. The van der Waals surface area contributed by atoms with E-state index in [1.165, 1.54) is 23.2 Å². The number of imidazole rings is 1. The molecule has 0 bridgehead atoms. The standard InChI is InChI=1S/C19H23N5O4/c1-12(2)23(10-13-8-6-5-7-9-13)18-20-16-15(24(18)11-14(25)26)17(27)22(4)19(28)21(16)3/h5-9,12H,10-11H2,1-4H3,(H,25,26). The number of aryl methyl sites for hydroxylation is 1. The maximum absolute atomic E-state index is 12.7. The number of carboxylic acids is 1. The molecule has 2 aromatic heterocycles. The Bertz CT molecular complexity index is 1140. The van der Waals surface area contributed by atoms with E-state index in [2.05, 4.69) is 4.98 Å². The highest BCUT2D eigenvalue weighted by molar-refractivity contribution is 5.78. The second kappa shape index (κ2) is 7.34. The Morgan fingerprint density at radius 2 is 1.79 bits per heavy atom. The van der Waals surface area contributed by atoms with E-state index < -0.39 is 23.8 Å². The van der Waals surface area contributed by atoms with Gasteiger partial charge in [-0.3, -0.25) is 23.3 Å². The number of carboxylic acid groups (broad SMARTS) is 1. The van der Waals surface area contributed by atoms with Crippen LogP contribution in [0.2, 0.25) is 0 Å². The van der Waals surface area contributed by atoms with E-state index in [4.69, 9.17) is 0 Å². The van der Waals surface area contributed by atoms with Crippen molar-refractivity contribution in [1.29, 1.82) is 0 Å². The van der Waals surface area contributed by atoms with Crippen molar-refractivity contribution in [3.8, 4) is 0 Å². The molecule has 0 unspecified atom stereocenters. The lowest BCUT2D eigenvalue weighted by Crippen LogP contribution is -2.38. The summed E-state index contributed by atoms with van der Waals surface area (Å²) in [6.45, 7) is 3.97. The Hall–Kier alpha value is -3.36. The van der Waals surface area contributed by atoms with Crippen molar-refractivity contribution >= 4 is 23.1 Å².